The minimum atomic E-state index is -0.508. The molecule has 3 aromatic rings. The lowest BCUT2D eigenvalue weighted by Gasteiger charge is -2.05. The molecule has 0 unspecified atom stereocenters. The van der Waals surface area contributed by atoms with Crippen molar-refractivity contribution in [3.63, 3.8) is 0 Å². The van der Waals surface area contributed by atoms with Crippen LogP contribution < -0.4 is 10.3 Å². The largest absolute Gasteiger partial charge is 0.497 e. The van der Waals surface area contributed by atoms with Gasteiger partial charge in [-0.05, 0) is 42.3 Å². The highest BCUT2D eigenvalue weighted by atomic mass is 16.5. The normalized spacial score (nSPS) is 11.0. The molecule has 0 saturated carbocycles. The van der Waals surface area contributed by atoms with E-state index in [1.165, 1.54) is 16.5 Å². The number of fused-ring (bicyclic) bond motifs is 1. The van der Waals surface area contributed by atoms with Crippen LogP contribution >= 0.6 is 0 Å². The molecule has 0 spiro atoms. The van der Waals surface area contributed by atoms with Crippen LogP contribution in [0, 0.1) is 6.92 Å². The molecule has 2 aromatic heterocycles. The number of carbonyl (C=O) groups is 1. The summed E-state index contributed by atoms with van der Waals surface area (Å²) in [6.45, 7) is 1.84. The van der Waals surface area contributed by atoms with Gasteiger partial charge in [0.1, 0.15) is 18.0 Å². The van der Waals surface area contributed by atoms with Gasteiger partial charge in [0.25, 0.3) is 5.56 Å². The first-order chi connectivity index (χ1) is 12.5. The summed E-state index contributed by atoms with van der Waals surface area (Å²) in [5, 5.41) is 0. The Labute approximate surface area is 150 Å². The molecule has 0 amide bonds. The Kier molecular flexibility index (Phi) is 5.12. The second-order valence-corrected chi connectivity index (χ2v) is 5.73. The number of rotatable bonds is 5. The molecule has 6 heteroatoms. The van der Waals surface area contributed by atoms with Gasteiger partial charge in [0.15, 0.2) is 0 Å². The van der Waals surface area contributed by atoms with Crippen LogP contribution in [0.2, 0.25) is 0 Å². The van der Waals surface area contributed by atoms with Crippen LogP contribution in [-0.2, 0) is 16.1 Å². The third-order valence-electron chi connectivity index (χ3n) is 3.75. The van der Waals surface area contributed by atoms with Crippen LogP contribution in [-0.4, -0.2) is 22.5 Å². The number of aryl methyl sites for hydroxylation is 1. The van der Waals surface area contributed by atoms with Gasteiger partial charge in [-0.15, -0.1) is 0 Å². The zero-order valence-corrected chi connectivity index (χ0v) is 14.5. The van der Waals surface area contributed by atoms with Crippen LogP contribution in [0.1, 0.15) is 16.8 Å². The predicted molar refractivity (Wildman–Crippen MR) is 98.0 cm³/mol. The number of methoxy groups -OCH3 is 1. The van der Waals surface area contributed by atoms with Crippen molar-refractivity contribution in [1.29, 1.82) is 0 Å². The summed E-state index contributed by atoms with van der Waals surface area (Å²) in [5.41, 5.74) is 2.52. The molecule has 1 aromatic carbocycles. The van der Waals surface area contributed by atoms with Gasteiger partial charge in [-0.1, -0.05) is 18.2 Å². The predicted octanol–water partition coefficient (Wildman–Crippen LogP) is 2.77. The Hall–Kier alpha value is -3.41. The molecule has 3 rings (SSSR count). The molecule has 0 aliphatic rings. The molecule has 0 bridgehead atoms. The van der Waals surface area contributed by atoms with E-state index in [4.69, 9.17) is 9.47 Å². The first-order valence-corrected chi connectivity index (χ1v) is 8.03. The number of hydrogen-bond acceptors (Lipinski definition) is 5. The minimum Gasteiger partial charge on any atom is -0.497 e. The van der Waals surface area contributed by atoms with Gasteiger partial charge in [0, 0.05) is 18.3 Å². The maximum absolute atomic E-state index is 12.1. The molecule has 2 heterocycles. The van der Waals surface area contributed by atoms with E-state index in [0.717, 1.165) is 16.9 Å². The summed E-state index contributed by atoms with van der Waals surface area (Å²) >= 11 is 0. The molecular formula is C20H18N2O4. The summed E-state index contributed by atoms with van der Waals surface area (Å²) in [4.78, 5) is 28.3. The Balaban J connectivity index is 1.65. The average Bonchev–Trinajstić information content (AvgIpc) is 2.65. The lowest BCUT2D eigenvalue weighted by atomic mass is 10.2. The number of carbonyl (C=O) groups excluding carboxylic acids is 1. The SMILES string of the molecule is COc1ccc(/C=C/C(=O)OCc2cc(=O)n3cc(C)ccc3n2)cc1. The zero-order chi connectivity index (χ0) is 18.5. The number of benzene rings is 1. The summed E-state index contributed by atoms with van der Waals surface area (Å²) in [5.74, 6) is 0.236. The number of hydrogen-bond donors (Lipinski definition) is 0. The second kappa shape index (κ2) is 7.65. The molecular weight excluding hydrogens is 332 g/mol. The molecule has 0 saturated heterocycles. The number of nitrogens with zero attached hydrogens (tertiary/aromatic N) is 2. The van der Waals surface area contributed by atoms with Crippen molar-refractivity contribution in [1.82, 2.24) is 9.38 Å². The summed E-state index contributed by atoms with van der Waals surface area (Å²) in [7, 11) is 1.59. The topological polar surface area (TPSA) is 69.9 Å². The van der Waals surface area contributed by atoms with Crippen LogP contribution in [0.25, 0.3) is 11.7 Å². The van der Waals surface area contributed by atoms with E-state index in [1.807, 2.05) is 25.1 Å². The highest BCUT2D eigenvalue weighted by Crippen LogP contribution is 2.12. The van der Waals surface area contributed by atoms with Crippen LogP contribution in [0.3, 0.4) is 0 Å². The Bertz CT molecular complexity index is 1020. The van der Waals surface area contributed by atoms with Gasteiger partial charge >= 0.3 is 5.97 Å². The van der Waals surface area contributed by atoms with Crippen molar-refractivity contribution in [2.75, 3.05) is 7.11 Å². The lowest BCUT2D eigenvalue weighted by molar-refractivity contribution is -0.139. The monoisotopic (exact) mass is 350 g/mol. The van der Waals surface area contributed by atoms with Gasteiger partial charge in [-0.2, -0.15) is 0 Å². The summed E-state index contributed by atoms with van der Waals surface area (Å²) in [6, 6.07) is 12.3. The lowest BCUT2D eigenvalue weighted by Crippen LogP contribution is -2.16. The van der Waals surface area contributed by atoms with Gasteiger partial charge in [0.2, 0.25) is 0 Å². The van der Waals surface area contributed by atoms with Gasteiger partial charge in [-0.25, -0.2) is 9.78 Å². The van der Waals surface area contributed by atoms with Crippen LogP contribution in [0.4, 0.5) is 0 Å². The fourth-order valence-electron chi connectivity index (χ4n) is 2.40. The van der Waals surface area contributed by atoms with Gasteiger partial charge < -0.3 is 9.47 Å². The maximum atomic E-state index is 12.1. The van der Waals surface area contributed by atoms with E-state index in [0.29, 0.717) is 11.3 Å². The van der Waals surface area contributed by atoms with Crippen molar-refractivity contribution in [2.24, 2.45) is 0 Å². The molecule has 0 fully saturated rings. The Morgan fingerprint density at radius 1 is 1.19 bits per heavy atom. The Morgan fingerprint density at radius 3 is 2.69 bits per heavy atom. The van der Waals surface area contributed by atoms with Crippen molar-refractivity contribution in [3.05, 3.63) is 81.9 Å². The molecule has 6 nitrogen and oxygen atoms in total. The molecule has 0 aliphatic carbocycles. The van der Waals surface area contributed by atoms with E-state index in [1.54, 1.807) is 37.6 Å². The van der Waals surface area contributed by atoms with E-state index >= 15 is 0 Å². The molecule has 0 atom stereocenters. The fraction of sp³-hybridized carbons (Fsp3) is 0.150. The average molecular weight is 350 g/mol. The first-order valence-electron chi connectivity index (χ1n) is 8.03. The number of aromatic nitrogens is 2. The zero-order valence-electron chi connectivity index (χ0n) is 14.5. The molecule has 0 aliphatic heterocycles. The Morgan fingerprint density at radius 2 is 1.96 bits per heavy atom. The van der Waals surface area contributed by atoms with Crippen molar-refractivity contribution < 1.29 is 14.3 Å². The second-order valence-electron chi connectivity index (χ2n) is 5.73. The van der Waals surface area contributed by atoms with Crippen LogP contribution in [0.5, 0.6) is 5.75 Å². The molecule has 0 radical (unpaired) electrons. The molecule has 0 N–H and O–H groups in total. The number of ether oxygens (including phenoxy) is 2. The number of pyridine rings is 1. The van der Waals surface area contributed by atoms with E-state index in [9.17, 15) is 9.59 Å². The van der Waals surface area contributed by atoms with Crippen LogP contribution in [0.15, 0.2) is 59.5 Å². The summed E-state index contributed by atoms with van der Waals surface area (Å²) in [6.07, 6.45) is 4.70. The third kappa shape index (κ3) is 4.16. The van der Waals surface area contributed by atoms with Crippen molar-refractivity contribution in [3.8, 4) is 5.75 Å². The van der Waals surface area contributed by atoms with Gasteiger partial charge in [-0.3, -0.25) is 9.20 Å². The highest BCUT2D eigenvalue weighted by molar-refractivity contribution is 5.87. The smallest absolute Gasteiger partial charge is 0.331 e. The first kappa shape index (κ1) is 17.4. The maximum Gasteiger partial charge on any atom is 0.331 e. The van der Waals surface area contributed by atoms with Crippen molar-refractivity contribution >= 4 is 17.7 Å². The van der Waals surface area contributed by atoms with Crippen molar-refractivity contribution in [2.45, 2.75) is 13.5 Å². The fourth-order valence-corrected chi connectivity index (χ4v) is 2.40. The standard InChI is InChI=1S/C20H18N2O4/c1-14-3-9-18-21-16(11-19(23)22(18)12-14)13-26-20(24)10-6-15-4-7-17(25-2)8-5-15/h3-12H,13H2,1-2H3/b10-6+. The number of esters is 1. The molecule has 132 valence electrons. The van der Waals surface area contributed by atoms with E-state index < -0.39 is 5.97 Å². The highest BCUT2D eigenvalue weighted by Gasteiger charge is 2.05. The minimum absolute atomic E-state index is 0.0641. The summed E-state index contributed by atoms with van der Waals surface area (Å²) < 4.78 is 11.7. The van der Waals surface area contributed by atoms with Gasteiger partial charge in [0.05, 0.1) is 12.8 Å². The van der Waals surface area contributed by atoms with E-state index in [2.05, 4.69) is 4.98 Å². The molecule has 26 heavy (non-hydrogen) atoms. The van der Waals surface area contributed by atoms with E-state index in [-0.39, 0.29) is 12.2 Å². The third-order valence-corrected chi connectivity index (χ3v) is 3.75. The quantitative estimate of drug-likeness (QED) is 0.523.